The van der Waals surface area contributed by atoms with Gasteiger partial charge in [-0.3, -0.25) is 4.79 Å². The molecule has 0 saturated heterocycles. The number of nitrogens with one attached hydrogen (secondary N) is 1. The fourth-order valence-electron chi connectivity index (χ4n) is 1.70. The molecule has 0 radical (unpaired) electrons. The topological polar surface area (TPSA) is 59.9 Å². The number of carbonyl (C=O) groups is 1. The first kappa shape index (κ1) is 17.7. The largest absolute Gasteiger partial charge is 0.493 e. The van der Waals surface area contributed by atoms with Crippen molar-refractivity contribution in [2.75, 3.05) is 13.7 Å². The zero-order valence-corrected chi connectivity index (χ0v) is 16.0. The number of rotatable bonds is 6. The summed E-state index contributed by atoms with van der Waals surface area (Å²) in [4.78, 5) is 11.7. The second-order valence-corrected chi connectivity index (χ2v) is 6.59. The van der Waals surface area contributed by atoms with Crippen LogP contribution in [-0.4, -0.2) is 25.8 Å². The lowest BCUT2D eigenvalue weighted by atomic mass is 10.2. The van der Waals surface area contributed by atoms with E-state index in [-0.39, 0.29) is 12.5 Å². The van der Waals surface area contributed by atoms with Crippen molar-refractivity contribution in [2.24, 2.45) is 5.10 Å². The van der Waals surface area contributed by atoms with Crippen molar-refractivity contribution >= 4 is 50.6 Å². The van der Waals surface area contributed by atoms with E-state index in [2.05, 4.69) is 49.0 Å². The normalized spacial score (nSPS) is 10.6. The zero-order chi connectivity index (χ0) is 16.7. The summed E-state index contributed by atoms with van der Waals surface area (Å²) in [5.74, 6) is 0.693. The highest BCUT2D eigenvalue weighted by Gasteiger charge is 2.07. The van der Waals surface area contributed by atoms with Gasteiger partial charge in [0.25, 0.3) is 5.91 Å². The molecule has 1 N–H and O–H groups in total. The molecule has 0 aliphatic heterocycles. The Hall–Kier alpha value is -1.61. The molecule has 2 aromatic rings. The van der Waals surface area contributed by atoms with Gasteiger partial charge in [-0.1, -0.05) is 28.1 Å². The maximum Gasteiger partial charge on any atom is 0.277 e. The van der Waals surface area contributed by atoms with Crippen molar-refractivity contribution in [2.45, 2.75) is 0 Å². The molecular formula is C16H14BrIN2O3. The highest BCUT2D eigenvalue weighted by Crippen LogP contribution is 2.29. The standard InChI is InChI=1S/C16H14BrIN2O3/c1-22-15-8-12(17)5-6-14(15)23-10-16(21)20-19-9-11-3-2-4-13(18)7-11/h2-9H,10H2,1H3,(H,20,21)/b19-9-. The van der Waals surface area contributed by atoms with E-state index in [4.69, 9.17) is 9.47 Å². The van der Waals surface area contributed by atoms with E-state index in [1.54, 1.807) is 25.5 Å². The van der Waals surface area contributed by atoms with Crippen LogP contribution in [0.2, 0.25) is 0 Å². The van der Waals surface area contributed by atoms with Crippen molar-refractivity contribution in [3.05, 3.63) is 56.1 Å². The Morgan fingerprint density at radius 3 is 2.87 bits per heavy atom. The Morgan fingerprint density at radius 1 is 1.30 bits per heavy atom. The van der Waals surface area contributed by atoms with Crippen molar-refractivity contribution < 1.29 is 14.3 Å². The fourth-order valence-corrected chi connectivity index (χ4v) is 2.61. The molecule has 5 nitrogen and oxygen atoms in total. The van der Waals surface area contributed by atoms with Crippen molar-refractivity contribution in [3.63, 3.8) is 0 Å². The molecule has 7 heteroatoms. The second kappa shape index (κ2) is 8.88. The summed E-state index contributed by atoms with van der Waals surface area (Å²) in [6, 6.07) is 13.1. The Morgan fingerprint density at radius 2 is 2.13 bits per heavy atom. The number of hydrogen-bond acceptors (Lipinski definition) is 4. The number of hydrazone groups is 1. The minimum absolute atomic E-state index is 0.151. The van der Waals surface area contributed by atoms with Crippen LogP contribution in [-0.2, 0) is 4.79 Å². The van der Waals surface area contributed by atoms with Crippen LogP contribution in [0, 0.1) is 3.57 Å². The van der Waals surface area contributed by atoms with E-state index in [0.717, 1.165) is 13.6 Å². The molecule has 0 aromatic heterocycles. The number of nitrogens with zero attached hydrogens (tertiary/aromatic N) is 1. The molecule has 0 spiro atoms. The quantitative estimate of drug-likeness (QED) is 0.384. The first-order valence-corrected chi connectivity index (χ1v) is 8.49. The number of amides is 1. The molecule has 2 aromatic carbocycles. The summed E-state index contributed by atoms with van der Waals surface area (Å²) in [7, 11) is 1.54. The van der Waals surface area contributed by atoms with Gasteiger partial charge in [-0.2, -0.15) is 5.10 Å². The maximum absolute atomic E-state index is 11.7. The molecule has 0 fully saturated rings. The Bertz CT molecular complexity index is 722. The fraction of sp³-hybridized carbons (Fsp3) is 0.125. The van der Waals surface area contributed by atoms with Gasteiger partial charge in [0.2, 0.25) is 0 Å². The van der Waals surface area contributed by atoms with Crippen LogP contribution in [0.15, 0.2) is 52.0 Å². The molecule has 0 saturated carbocycles. The number of benzene rings is 2. The number of carbonyl (C=O) groups excluding carboxylic acids is 1. The summed E-state index contributed by atoms with van der Waals surface area (Å²) in [5, 5.41) is 3.91. The molecule has 0 aliphatic carbocycles. The Kier molecular flexibility index (Phi) is 6.85. The van der Waals surface area contributed by atoms with Crippen LogP contribution in [0.1, 0.15) is 5.56 Å². The first-order chi connectivity index (χ1) is 11.1. The summed E-state index contributed by atoms with van der Waals surface area (Å²) >= 11 is 5.56. The summed E-state index contributed by atoms with van der Waals surface area (Å²) in [6.07, 6.45) is 1.58. The Balaban J connectivity index is 1.86. The van der Waals surface area contributed by atoms with E-state index >= 15 is 0 Å². The minimum Gasteiger partial charge on any atom is -0.493 e. The highest BCUT2D eigenvalue weighted by atomic mass is 127. The third-order valence-electron chi connectivity index (χ3n) is 2.74. The van der Waals surface area contributed by atoms with Gasteiger partial charge in [-0.25, -0.2) is 5.43 Å². The van der Waals surface area contributed by atoms with Gasteiger partial charge >= 0.3 is 0 Å². The van der Waals surface area contributed by atoms with Crippen molar-refractivity contribution in [1.82, 2.24) is 5.43 Å². The third kappa shape index (κ3) is 5.83. The van der Waals surface area contributed by atoms with Crippen LogP contribution in [0.4, 0.5) is 0 Å². The van der Waals surface area contributed by atoms with Crippen molar-refractivity contribution in [1.29, 1.82) is 0 Å². The lowest BCUT2D eigenvalue weighted by molar-refractivity contribution is -0.123. The average Bonchev–Trinajstić information content (AvgIpc) is 2.53. The van der Waals surface area contributed by atoms with E-state index in [0.29, 0.717) is 11.5 Å². The summed E-state index contributed by atoms with van der Waals surface area (Å²) < 4.78 is 12.6. The monoisotopic (exact) mass is 488 g/mol. The molecule has 120 valence electrons. The number of hydrogen-bond donors (Lipinski definition) is 1. The van der Waals surface area contributed by atoms with E-state index in [9.17, 15) is 4.79 Å². The predicted octanol–water partition coefficient (Wildman–Crippen LogP) is 3.59. The highest BCUT2D eigenvalue weighted by molar-refractivity contribution is 14.1. The van der Waals surface area contributed by atoms with E-state index in [1.165, 1.54) is 0 Å². The van der Waals surface area contributed by atoms with Gasteiger partial charge in [0.05, 0.1) is 13.3 Å². The number of halogens is 2. The van der Waals surface area contributed by atoms with Gasteiger partial charge in [0.1, 0.15) is 0 Å². The van der Waals surface area contributed by atoms with Crippen LogP contribution < -0.4 is 14.9 Å². The lowest BCUT2D eigenvalue weighted by Gasteiger charge is -2.10. The van der Waals surface area contributed by atoms with Gasteiger partial charge < -0.3 is 9.47 Å². The Labute approximate surface area is 156 Å². The molecule has 0 aliphatic rings. The molecule has 0 atom stereocenters. The van der Waals surface area contributed by atoms with Gasteiger partial charge in [0, 0.05) is 8.04 Å². The summed E-state index contributed by atoms with van der Waals surface area (Å²) in [5.41, 5.74) is 3.33. The number of methoxy groups -OCH3 is 1. The molecule has 0 bridgehead atoms. The lowest BCUT2D eigenvalue weighted by Crippen LogP contribution is -2.24. The van der Waals surface area contributed by atoms with Crippen LogP contribution in [0.25, 0.3) is 0 Å². The molecule has 2 rings (SSSR count). The van der Waals surface area contributed by atoms with Gasteiger partial charge in [0.15, 0.2) is 18.1 Å². The van der Waals surface area contributed by atoms with E-state index in [1.807, 2.05) is 30.3 Å². The zero-order valence-electron chi connectivity index (χ0n) is 12.3. The predicted molar refractivity (Wildman–Crippen MR) is 101 cm³/mol. The molecule has 1 amide bonds. The SMILES string of the molecule is COc1cc(Br)ccc1OCC(=O)N/N=C\c1cccc(I)c1. The second-order valence-electron chi connectivity index (χ2n) is 4.43. The van der Waals surface area contributed by atoms with Crippen LogP contribution in [0.5, 0.6) is 11.5 Å². The summed E-state index contributed by atoms with van der Waals surface area (Å²) in [6.45, 7) is -0.151. The molecular weight excluding hydrogens is 475 g/mol. The molecule has 0 heterocycles. The third-order valence-corrected chi connectivity index (χ3v) is 3.90. The van der Waals surface area contributed by atoms with E-state index < -0.39 is 0 Å². The maximum atomic E-state index is 11.7. The smallest absolute Gasteiger partial charge is 0.277 e. The number of ether oxygens (including phenoxy) is 2. The van der Waals surface area contributed by atoms with Gasteiger partial charge in [-0.15, -0.1) is 0 Å². The molecule has 23 heavy (non-hydrogen) atoms. The molecule has 0 unspecified atom stereocenters. The first-order valence-electron chi connectivity index (χ1n) is 6.62. The van der Waals surface area contributed by atoms with Gasteiger partial charge in [-0.05, 0) is 58.5 Å². The van der Waals surface area contributed by atoms with Crippen LogP contribution >= 0.6 is 38.5 Å². The average molecular weight is 489 g/mol. The van der Waals surface area contributed by atoms with Crippen LogP contribution in [0.3, 0.4) is 0 Å². The minimum atomic E-state index is -0.350. The van der Waals surface area contributed by atoms with Crippen molar-refractivity contribution in [3.8, 4) is 11.5 Å².